The zero-order valence-electron chi connectivity index (χ0n) is 11.4. The van der Waals surface area contributed by atoms with Crippen LogP contribution in [0.5, 0.6) is 0 Å². The van der Waals surface area contributed by atoms with Gasteiger partial charge >= 0.3 is 0 Å². The predicted molar refractivity (Wildman–Crippen MR) is 75.0 cm³/mol. The lowest BCUT2D eigenvalue weighted by Gasteiger charge is -2.15. The van der Waals surface area contributed by atoms with E-state index in [9.17, 15) is 4.79 Å². The molecule has 1 fully saturated rings. The van der Waals surface area contributed by atoms with Crippen LogP contribution in [-0.4, -0.2) is 26.0 Å². The molecule has 1 aliphatic carbocycles. The normalized spacial score (nSPS) is 22.8. The molecule has 2 rings (SSSR count). The summed E-state index contributed by atoms with van der Waals surface area (Å²) in [6.45, 7) is 2.25. The first-order valence-electron chi connectivity index (χ1n) is 6.64. The minimum atomic E-state index is 0.0535. The molecule has 0 saturated heterocycles. The highest BCUT2D eigenvalue weighted by atomic mass is 16.1. The molecule has 1 aliphatic rings. The Morgan fingerprint density at radius 3 is 2.72 bits per heavy atom. The maximum atomic E-state index is 12.2. The molecule has 3 nitrogen and oxygen atoms in total. The molecule has 18 heavy (non-hydrogen) atoms. The largest absolute Gasteiger partial charge is 0.378 e. The van der Waals surface area contributed by atoms with Crippen LogP contribution in [0.4, 0.5) is 5.69 Å². The van der Waals surface area contributed by atoms with Gasteiger partial charge in [0.25, 0.3) is 5.91 Å². The highest BCUT2D eigenvalue weighted by Gasteiger charge is 2.23. The third-order valence-corrected chi connectivity index (χ3v) is 3.65. The van der Waals surface area contributed by atoms with E-state index in [1.54, 1.807) is 0 Å². The van der Waals surface area contributed by atoms with Gasteiger partial charge in [0.1, 0.15) is 0 Å². The lowest BCUT2D eigenvalue weighted by molar-refractivity contribution is 0.0937. The van der Waals surface area contributed by atoms with Crippen LogP contribution in [0.3, 0.4) is 0 Å². The van der Waals surface area contributed by atoms with Gasteiger partial charge in [0, 0.05) is 31.4 Å². The van der Waals surface area contributed by atoms with Crippen molar-refractivity contribution < 1.29 is 4.79 Å². The van der Waals surface area contributed by atoms with E-state index < -0.39 is 0 Å². The Bertz CT molecular complexity index is 428. The topological polar surface area (TPSA) is 32.3 Å². The number of hydrogen-bond acceptors (Lipinski definition) is 2. The lowest BCUT2D eigenvalue weighted by atomic mass is 10.1. The second-order valence-corrected chi connectivity index (χ2v) is 5.53. The van der Waals surface area contributed by atoms with Crippen molar-refractivity contribution in [1.82, 2.24) is 5.32 Å². The van der Waals surface area contributed by atoms with Gasteiger partial charge in [-0.05, 0) is 43.4 Å². The fraction of sp³-hybridized carbons (Fsp3) is 0.533. The van der Waals surface area contributed by atoms with Gasteiger partial charge in [0.05, 0.1) is 0 Å². The number of anilines is 1. The minimum Gasteiger partial charge on any atom is -0.378 e. The third kappa shape index (κ3) is 3.03. The van der Waals surface area contributed by atoms with Crippen molar-refractivity contribution in [1.29, 1.82) is 0 Å². The van der Waals surface area contributed by atoms with Gasteiger partial charge in [-0.25, -0.2) is 0 Å². The first-order valence-corrected chi connectivity index (χ1v) is 6.64. The molecule has 0 radical (unpaired) electrons. The number of amides is 1. The molecule has 1 saturated carbocycles. The highest BCUT2D eigenvalue weighted by molar-refractivity contribution is 5.95. The zero-order chi connectivity index (χ0) is 13.1. The molecule has 1 aromatic rings. The van der Waals surface area contributed by atoms with Crippen molar-refractivity contribution in [3.05, 3.63) is 29.8 Å². The minimum absolute atomic E-state index is 0.0535. The zero-order valence-corrected chi connectivity index (χ0v) is 11.4. The van der Waals surface area contributed by atoms with Gasteiger partial charge in [-0.1, -0.05) is 13.0 Å². The van der Waals surface area contributed by atoms with Gasteiger partial charge < -0.3 is 10.2 Å². The van der Waals surface area contributed by atoms with Crippen molar-refractivity contribution in [2.45, 2.75) is 32.2 Å². The summed E-state index contributed by atoms with van der Waals surface area (Å²) in [6, 6.07) is 8.11. The quantitative estimate of drug-likeness (QED) is 0.889. The van der Waals surface area contributed by atoms with Crippen LogP contribution in [0.15, 0.2) is 24.3 Å². The average Bonchev–Trinajstić information content (AvgIpc) is 2.75. The van der Waals surface area contributed by atoms with Crippen LogP contribution in [0, 0.1) is 5.92 Å². The second kappa shape index (κ2) is 5.42. The molecule has 0 heterocycles. The van der Waals surface area contributed by atoms with Crippen LogP contribution in [0.25, 0.3) is 0 Å². The number of carbonyl (C=O) groups excluding carboxylic acids is 1. The molecular formula is C15H22N2O. The fourth-order valence-electron chi connectivity index (χ4n) is 2.53. The van der Waals surface area contributed by atoms with Gasteiger partial charge in [0.15, 0.2) is 0 Å². The Morgan fingerprint density at radius 1 is 1.33 bits per heavy atom. The van der Waals surface area contributed by atoms with E-state index in [1.165, 1.54) is 6.42 Å². The molecule has 0 aliphatic heterocycles. The fourth-order valence-corrected chi connectivity index (χ4v) is 2.53. The first-order chi connectivity index (χ1) is 8.56. The van der Waals surface area contributed by atoms with Crippen molar-refractivity contribution in [3.63, 3.8) is 0 Å². The van der Waals surface area contributed by atoms with E-state index in [0.29, 0.717) is 6.04 Å². The Hall–Kier alpha value is -1.51. The van der Waals surface area contributed by atoms with Gasteiger partial charge in [-0.15, -0.1) is 0 Å². The molecular weight excluding hydrogens is 224 g/mol. The molecule has 0 spiro atoms. The molecule has 1 amide bonds. The monoisotopic (exact) mass is 246 g/mol. The summed E-state index contributed by atoms with van der Waals surface area (Å²) in [4.78, 5) is 14.2. The van der Waals surface area contributed by atoms with E-state index in [1.807, 2.05) is 43.3 Å². The molecule has 0 aromatic heterocycles. The molecule has 3 heteroatoms. The van der Waals surface area contributed by atoms with Gasteiger partial charge in [-0.2, -0.15) is 0 Å². The SMILES string of the molecule is CC1CCC(NC(=O)c2cccc(N(C)C)c2)C1. The average molecular weight is 246 g/mol. The van der Waals surface area contributed by atoms with Crippen molar-refractivity contribution >= 4 is 11.6 Å². The lowest BCUT2D eigenvalue weighted by Crippen LogP contribution is -2.32. The van der Waals surface area contributed by atoms with Crippen LogP contribution < -0.4 is 10.2 Å². The predicted octanol–water partition coefficient (Wildman–Crippen LogP) is 2.67. The molecule has 98 valence electrons. The van der Waals surface area contributed by atoms with Gasteiger partial charge in [-0.3, -0.25) is 4.79 Å². The molecule has 2 unspecified atom stereocenters. The van der Waals surface area contributed by atoms with Crippen LogP contribution in [0.1, 0.15) is 36.5 Å². The second-order valence-electron chi connectivity index (χ2n) is 5.53. The number of nitrogens with zero attached hydrogens (tertiary/aromatic N) is 1. The van der Waals surface area contributed by atoms with Crippen molar-refractivity contribution in [2.75, 3.05) is 19.0 Å². The van der Waals surface area contributed by atoms with E-state index in [4.69, 9.17) is 0 Å². The molecule has 1 aromatic carbocycles. The summed E-state index contributed by atoms with van der Waals surface area (Å²) >= 11 is 0. The summed E-state index contributed by atoms with van der Waals surface area (Å²) in [6.07, 6.45) is 3.45. The Labute approximate surface area is 109 Å². The molecule has 2 atom stereocenters. The van der Waals surface area contributed by atoms with Crippen molar-refractivity contribution in [3.8, 4) is 0 Å². The van der Waals surface area contributed by atoms with Gasteiger partial charge in [0.2, 0.25) is 0 Å². The summed E-state index contributed by atoms with van der Waals surface area (Å²) in [5, 5.41) is 3.13. The standard InChI is InChI=1S/C15H22N2O/c1-11-7-8-13(9-11)16-15(18)12-5-4-6-14(10-12)17(2)3/h4-6,10-11,13H,7-9H2,1-3H3,(H,16,18). The molecule has 0 bridgehead atoms. The highest BCUT2D eigenvalue weighted by Crippen LogP contribution is 2.25. The Kier molecular flexibility index (Phi) is 3.90. The summed E-state index contributed by atoms with van der Waals surface area (Å²) in [7, 11) is 3.96. The van der Waals surface area contributed by atoms with E-state index in [2.05, 4.69) is 12.2 Å². The van der Waals surface area contributed by atoms with Crippen LogP contribution >= 0.6 is 0 Å². The summed E-state index contributed by atoms with van der Waals surface area (Å²) in [5.74, 6) is 0.793. The van der Waals surface area contributed by atoms with Crippen molar-refractivity contribution in [2.24, 2.45) is 5.92 Å². The van der Waals surface area contributed by atoms with Crippen LogP contribution in [-0.2, 0) is 0 Å². The number of carbonyl (C=O) groups is 1. The maximum Gasteiger partial charge on any atom is 0.251 e. The van der Waals surface area contributed by atoms with E-state index >= 15 is 0 Å². The number of benzene rings is 1. The number of rotatable bonds is 3. The maximum absolute atomic E-state index is 12.2. The van der Waals surface area contributed by atoms with E-state index in [0.717, 1.165) is 30.0 Å². The smallest absolute Gasteiger partial charge is 0.251 e. The summed E-state index contributed by atoms with van der Waals surface area (Å²) in [5.41, 5.74) is 1.81. The van der Waals surface area contributed by atoms with Crippen LogP contribution in [0.2, 0.25) is 0 Å². The number of nitrogens with one attached hydrogen (secondary N) is 1. The first kappa shape index (κ1) is 12.9. The Morgan fingerprint density at radius 2 is 2.11 bits per heavy atom. The Balaban J connectivity index is 2.02. The third-order valence-electron chi connectivity index (χ3n) is 3.65. The molecule has 1 N–H and O–H groups in total. The number of hydrogen-bond donors (Lipinski definition) is 1. The summed E-state index contributed by atoms with van der Waals surface area (Å²) < 4.78 is 0. The van der Waals surface area contributed by atoms with E-state index in [-0.39, 0.29) is 5.91 Å².